The molecule has 1 aliphatic carbocycles. The number of nitrogens with zero attached hydrogens (tertiary/aromatic N) is 1. The van der Waals surface area contributed by atoms with Crippen molar-refractivity contribution in [3.05, 3.63) is 65.5 Å². The topological polar surface area (TPSA) is 54.0 Å². The highest BCUT2D eigenvalue weighted by molar-refractivity contribution is 5.92. The second-order valence-corrected chi connectivity index (χ2v) is 6.49. The predicted molar refractivity (Wildman–Crippen MR) is 102 cm³/mol. The van der Waals surface area contributed by atoms with E-state index in [9.17, 15) is 4.79 Å². The molecule has 4 nitrogen and oxygen atoms in total. The Kier molecular flexibility index (Phi) is 5.83. The minimum atomic E-state index is -0.112. The molecule has 1 aliphatic rings. The summed E-state index contributed by atoms with van der Waals surface area (Å²) in [6.45, 7) is 2.73. The highest BCUT2D eigenvalue weighted by Crippen LogP contribution is 2.20. The smallest absolute Gasteiger partial charge is 0.269 e. The molecule has 3 rings (SSSR count). The van der Waals surface area contributed by atoms with Gasteiger partial charge in [0.25, 0.3) is 5.91 Å². The third kappa shape index (κ3) is 4.92. The fraction of sp³-hybridized carbons (Fsp3) is 0.333. The maximum absolute atomic E-state index is 12.2. The first kappa shape index (κ1) is 17.2. The van der Waals surface area contributed by atoms with Gasteiger partial charge in [0.2, 0.25) is 0 Å². The summed E-state index contributed by atoms with van der Waals surface area (Å²) in [7, 11) is 0. The van der Waals surface area contributed by atoms with Crippen molar-refractivity contribution >= 4 is 17.3 Å². The number of aryl methyl sites for hydroxylation is 1. The minimum absolute atomic E-state index is 0.112. The molecule has 0 aliphatic heterocycles. The molecule has 1 aromatic carbocycles. The molecule has 4 heteroatoms. The SMILES string of the molecule is Cc1ccccc1Nc1ccc(C(=O)NCCC2=CCCCC2)nc1. The van der Waals surface area contributed by atoms with Crippen LogP contribution in [0.1, 0.15) is 48.2 Å². The summed E-state index contributed by atoms with van der Waals surface area (Å²) >= 11 is 0. The number of para-hydroxylation sites is 1. The second kappa shape index (κ2) is 8.47. The Balaban J connectivity index is 1.52. The lowest BCUT2D eigenvalue weighted by Crippen LogP contribution is -2.25. The molecule has 0 spiro atoms. The van der Waals surface area contributed by atoms with E-state index >= 15 is 0 Å². The fourth-order valence-corrected chi connectivity index (χ4v) is 3.03. The lowest BCUT2D eigenvalue weighted by molar-refractivity contribution is 0.0949. The van der Waals surface area contributed by atoms with Crippen LogP contribution in [0.3, 0.4) is 0 Å². The zero-order chi connectivity index (χ0) is 17.5. The zero-order valence-electron chi connectivity index (χ0n) is 14.7. The quantitative estimate of drug-likeness (QED) is 0.749. The van der Waals surface area contributed by atoms with Crippen LogP contribution in [0.15, 0.2) is 54.2 Å². The van der Waals surface area contributed by atoms with Crippen LogP contribution >= 0.6 is 0 Å². The Hall–Kier alpha value is -2.62. The average molecular weight is 335 g/mol. The van der Waals surface area contributed by atoms with E-state index in [1.54, 1.807) is 12.3 Å². The Morgan fingerprint density at radius 1 is 1.16 bits per heavy atom. The summed E-state index contributed by atoms with van der Waals surface area (Å²) in [4.78, 5) is 16.5. The largest absolute Gasteiger partial charge is 0.354 e. The van der Waals surface area contributed by atoms with Gasteiger partial charge in [-0.2, -0.15) is 0 Å². The number of hydrogen-bond donors (Lipinski definition) is 2. The molecule has 0 unspecified atom stereocenters. The van der Waals surface area contributed by atoms with Crippen LogP contribution in [0.25, 0.3) is 0 Å². The molecule has 25 heavy (non-hydrogen) atoms. The lowest BCUT2D eigenvalue weighted by Gasteiger charge is -2.13. The number of allylic oxidation sites excluding steroid dienone is 1. The summed E-state index contributed by atoms with van der Waals surface area (Å²) in [5, 5.41) is 6.28. The molecule has 0 bridgehead atoms. The third-order valence-electron chi connectivity index (χ3n) is 4.54. The number of amides is 1. The molecule has 0 saturated carbocycles. The van der Waals surface area contributed by atoms with Gasteiger partial charge in [0.15, 0.2) is 0 Å². The first-order chi connectivity index (χ1) is 12.2. The fourth-order valence-electron chi connectivity index (χ4n) is 3.03. The molecule has 0 atom stereocenters. The van der Waals surface area contributed by atoms with Crippen LogP contribution in [0.4, 0.5) is 11.4 Å². The van der Waals surface area contributed by atoms with E-state index in [0.717, 1.165) is 17.8 Å². The van der Waals surface area contributed by atoms with E-state index in [1.165, 1.54) is 36.8 Å². The summed E-state index contributed by atoms with van der Waals surface area (Å²) in [6, 6.07) is 11.7. The molecule has 0 radical (unpaired) electrons. The van der Waals surface area contributed by atoms with Crippen LogP contribution in [-0.2, 0) is 0 Å². The van der Waals surface area contributed by atoms with E-state index in [0.29, 0.717) is 12.2 Å². The number of carbonyl (C=O) groups is 1. The molecule has 2 aromatic rings. The van der Waals surface area contributed by atoms with Gasteiger partial charge in [-0.3, -0.25) is 4.79 Å². The number of aromatic nitrogens is 1. The van der Waals surface area contributed by atoms with Crippen LogP contribution in [0, 0.1) is 6.92 Å². The van der Waals surface area contributed by atoms with Crippen LogP contribution < -0.4 is 10.6 Å². The molecule has 0 fully saturated rings. The van der Waals surface area contributed by atoms with Gasteiger partial charge in [0.1, 0.15) is 5.69 Å². The van der Waals surface area contributed by atoms with E-state index < -0.39 is 0 Å². The van der Waals surface area contributed by atoms with Crippen molar-refractivity contribution < 1.29 is 4.79 Å². The molecule has 130 valence electrons. The Bertz CT molecular complexity index is 750. The van der Waals surface area contributed by atoms with Crippen LogP contribution in [0.5, 0.6) is 0 Å². The summed E-state index contributed by atoms with van der Waals surface area (Å²) in [5.74, 6) is -0.112. The van der Waals surface area contributed by atoms with Gasteiger partial charge in [0, 0.05) is 12.2 Å². The first-order valence-electron chi connectivity index (χ1n) is 8.97. The Morgan fingerprint density at radius 2 is 2.04 bits per heavy atom. The van der Waals surface area contributed by atoms with Gasteiger partial charge < -0.3 is 10.6 Å². The summed E-state index contributed by atoms with van der Waals surface area (Å²) in [5.41, 5.74) is 5.01. The standard InChI is InChI=1S/C21H25N3O/c1-16-7-5-6-10-19(16)24-18-11-12-20(23-15-18)21(25)22-14-13-17-8-3-2-4-9-17/h5-8,10-12,15,24H,2-4,9,13-14H2,1H3,(H,22,25). The normalized spacial score (nSPS) is 13.9. The monoisotopic (exact) mass is 335 g/mol. The van der Waals surface area contributed by atoms with Crippen molar-refractivity contribution in [2.24, 2.45) is 0 Å². The maximum atomic E-state index is 12.2. The molecular formula is C21H25N3O. The van der Waals surface area contributed by atoms with Crippen LogP contribution in [0.2, 0.25) is 0 Å². The molecule has 1 amide bonds. The van der Waals surface area contributed by atoms with Crippen molar-refractivity contribution in [1.29, 1.82) is 0 Å². The van der Waals surface area contributed by atoms with Crippen LogP contribution in [-0.4, -0.2) is 17.4 Å². The van der Waals surface area contributed by atoms with Gasteiger partial charge in [-0.1, -0.05) is 29.8 Å². The van der Waals surface area contributed by atoms with Gasteiger partial charge in [-0.05, 0) is 62.8 Å². The maximum Gasteiger partial charge on any atom is 0.269 e. The zero-order valence-corrected chi connectivity index (χ0v) is 14.7. The Labute approximate surface area is 149 Å². The van der Waals surface area contributed by atoms with Gasteiger partial charge in [-0.15, -0.1) is 0 Å². The molecular weight excluding hydrogens is 310 g/mol. The third-order valence-corrected chi connectivity index (χ3v) is 4.54. The van der Waals surface area contributed by atoms with Crippen molar-refractivity contribution in [2.75, 3.05) is 11.9 Å². The number of benzene rings is 1. The molecule has 2 N–H and O–H groups in total. The summed E-state index contributed by atoms with van der Waals surface area (Å²) < 4.78 is 0. The van der Waals surface area contributed by atoms with Gasteiger partial charge >= 0.3 is 0 Å². The minimum Gasteiger partial charge on any atom is -0.354 e. The average Bonchev–Trinajstić information content (AvgIpc) is 2.65. The van der Waals surface area contributed by atoms with Crippen molar-refractivity contribution in [3.63, 3.8) is 0 Å². The van der Waals surface area contributed by atoms with E-state index in [1.807, 2.05) is 24.3 Å². The molecule has 1 aromatic heterocycles. The number of carbonyl (C=O) groups excluding carboxylic acids is 1. The van der Waals surface area contributed by atoms with E-state index in [2.05, 4.69) is 34.7 Å². The number of hydrogen-bond acceptors (Lipinski definition) is 3. The number of rotatable bonds is 6. The number of pyridine rings is 1. The molecule has 1 heterocycles. The summed E-state index contributed by atoms with van der Waals surface area (Å²) in [6.07, 6.45) is 9.89. The van der Waals surface area contributed by atoms with Crippen molar-refractivity contribution in [1.82, 2.24) is 10.3 Å². The molecule has 0 saturated heterocycles. The second-order valence-electron chi connectivity index (χ2n) is 6.49. The van der Waals surface area contributed by atoms with Crippen molar-refractivity contribution in [3.8, 4) is 0 Å². The lowest BCUT2D eigenvalue weighted by atomic mass is 9.97. The highest BCUT2D eigenvalue weighted by Gasteiger charge is 2.08. The van der Waals surface area contributed by atoms with Gasteiger partial charge in [0.05, 0.1) is 11.9 Å². The number of nitrogens with one attached hydrogen (secondary N) is 2. The van der Waals surface area contributed by atoms with Gasteiger partial charge in [-0.25, -0.2) is 4.98 Å². The van der Waals surface area contributed by atoms with Crippen molar-refractivity contribution in [2.45, 2.75) is 39.0 Å². The first-order valence-corrected chi connectivity index (χ1v) is 8.97. The van der Waals surface area contributed by atoms with E-state index in [4.69, 9.17) is 0 Å². The highest BCUT2D eigenvalue weighted by atomic mass is 16.1. The number of anilines is 2. The Morgan fingerprint density at radius 3 is 2.76 bits per heavy atom. The predicted octanol–water partition coefficient (Wildman–Crippen LogP) is 4.75. The van der Waals surface area contributed by atoms with E-state index in [-0.39, 0.29) is 5.91 Å².